The van der Waals surface area contributed by atoms with E-state index in [4.69, 9.17) is 16.4 Å². The monoisotopic (exact) mass is 470 g/mol. The molecule has 1 aromatic carbocycles. The average molecular weight is 471 g/mol. The summed E-state index contributed by atoms with van der Waals surface area (Å²) in [6.07, 6.45) is 3.34. The van der Waals surface area contributed by atoms with Crippen LogP contribution in [0.2, 0.25) is 5.02 Å². The number of nitrogens with zero attached hydrogens (tertiary/aromatic N) is 3. The number of amidine groups is 2. The molecule has 174 valence electrons. The summed E-state index contributed by atoms with van der Waals surface area (Å²) in [5, 5.41) is 5.78. The molecular formula is C23H27ClN6O3. The van der Waals surface area contributed by atoms with Gasteiger partial charge in [-0.15, -0.1) is 0 Å². The van der Waals surface area contributed by atoms with E-state index in [1.54, 1.807) is 30.2 Å². The second kappa shape index (κ2) is 10.5. The lowest BCUT2D eigenvalue weighted by Crippen LogP contribution is -2.41. The number of likely N-dealkylation sites (N-methyl/N-ethyl adjacent to an activating group) is 2. The van der Waals surface area contributed by atoms with Crippen molar-refractivity contribution >= 4 is 40.7 Å². The number of amides is 2. The van der Waals surface area contributed by atoms with Crippen molar-refractivity contribution in [3.05, 3.63) is 64.5 Å². The molecule has 2 aliphatic rings. The summed E-state index contributed by atoms with van der Waals surface area (Å²) in [6.45, 7) is 9.81. The number of benzene rings is 1. The van der Waals surface area contributed by atoms with Gasteiger partial charge in [0.2, 0.25) is 5.91 Å². The molecule has 2 heterocycles. The summed E-state index contributed by atoms with van der Waals surface area (Å²) in [5.74, 6) is 0.881. The van der Waals surface area contributed by atoms with E-state index in [0.29, 0.717) is 34.4 Å². The van der Waals surface area contributed by atoms with Crippen molar-refractivity contribution in [3.63, 3.8) is 0 Å². The predicted molar refractivity (Wildman–Crippen MR) is 129 cm³/mol. The van der Waals surface area contributed by atoms with Crippen LogP contribution in [0.5, 0.6) is 0 Å². The van der Waals surface area contributed by atoms with Crippen molar-refractivity contribution in [3.8, 4) is 0 Å². The lowest BCUT2D eigenvalue weighted by molar-refractivity contribution is -0.121. The van der Waals surface area contributed by atoms with E-state index in [1.165, 1.54) is 0 Å². The van der Waals surface area contributed by atoms with Crippen LogP contribution in [0, 0.1) is 0 Å². The molecule has 0 fully saturated rings. The second-order valence-corrected chi connectivity index (χ2v) is 7.66. The summed E-state index contributed by atoms with van der Waals surface area (Å²) >= 11 is 6.58. The molecule has 33 heavy (non-hydrogen) atoms. The van der Waals surface area contributed by atoms with Crippen molar-refractivity contribution in [2.75, 3.05) is 20.1 Å². The van der Waals surface area contributed by atoms with E-state index in [1.807, 2.05) is 32.9 Å². The van der Waals surface area contributed by atoms with Crippen LogP contribution < -0.4 is 16.1 Å². The molecule has 0 aliphatic carbocycles. The molecular weight excluding hydrogens is 444 g/mol. The molecule has 1 unspecified atom stereocenters. The van der Waals surface area contributed by atoms with Gasteiger partial charge in [-0.3, -0.25) is 14.5 Å². The number of halogens is 1. The first-order chi connectivity index (χ1) is 15.8. The first-order valence-electron chi connectivity index (χ1n) is 10.5. The van der Waals surface area contributed by atoms with Crippen molar-refractivity contribution in [2.24, 2.45) is 9.98 Å². The molecule has 3 N–H and O–H groups in total. The topological polar surface area (TPSA) is 107 Å². The molecule has 0 saturated heterocycles. The number of hydroxylamine groups is 1. The normalized spacial score (nSPS) is 20.5. The predicted octanol–water partition coefficient (Wildman–Crippen LogP) is 2.36. The Hall–Kier alpha value is -3.43. The highest BCUT2D eigenvalue weighted by molar-refractivity contribution is 6.37. The van der Waals surface area contributed by atoms with Gasteiger partial charge in [-0.2, -0.15) is 0 Å². The quantitative estimate of drug-likeness (QED) is 0.567. The van der Waals surface area contributed by atoms with Gasteiger partial charge < -0.3 is 10.6 Å². The minimum absolute atomic E-state index is 0.0321. The smallest absolute Gasteiger partial charge is 0.260 e. The van der Waals surface area contributed by atoms with E-state index < -0.39 is 0 Å². The number of rotatable bonds is 7. The van der Waals surface area contributed by atoms with Gasteiger partial charge in [0.1, 0.15) is 11.7 Å². The van der Waals surface area contributed by atoms with Crippen LogP contribution in [0.15, 0.2) is 58.3 Å². The molecule has 0 spiro atoms. The van der Waals surface area contributed by atoms with Crippen LogP contribution in [0.1, 0.15) is 31.9 Å². The van der Waals surface area contributed by atoms with Crippen molar-refractivity contribution in [2.45, 2.75) is 27.0 Å². The lowest BCUT2D eigenvalue weighted by atomic mass is 9.95. The molecule has 1 atom stereocenters. The zero-order valence-electron chi connectivity index (χ0n) is 19.0. The maximum absolute atomic E-state index is 13.4. The fourth-order valence-corrected chi connectivity index (χ4v) is 3.61. The molecule has 10 heteroatoms. The van der Waals surface area contributed by atoms with Crippen molar-refractivity contribution in [1.82, 2.24) is 21.0 Å². The fraction of sp³-hybridized carbons (Fsp3) is 0.304. The number of carbonyl (C=O) groups excluding carboxylic acids is 2. The maximum Gasteiger partial charge on any atom is 0.260 e. The van der Waals surface area contributed by atoms with Crippen LogP contribution in [-0.2, 0) is 14.4 Å². The molecule has 3 rings (SSSR count). The van der Waals surface area contributed by atoms with E-state index in [0.717, 1.165) is 11.1 Å². The third kappa shape index (κ3) is 5.32. The second-order valence-electron chi connectivity index (χ2n) is 7.25. The van der Waals surface area contributed by atoms with Crippen LogP contribution in [0.25, 0.3) is 5.57 Å². The van der Waals surface area contributed by atoms with Crippen LogP contribution in [0.4, 0.5) is 0 Å². The first kappa shape index (κ1) is 24.2. The Kier molecular flexibility index (Phi) is 7.67. The Bertz CT molecular complexity index is 1110. The average Bonchev–Trinajstić information content (AvgIpc) is 3.24. The van der Waals surface area contributed by atoms with Gasteiger partial charge in [-0.05, 0) is 32.9 Å². The van der Waals surface area contributed by atoms with E-state index in [2.05, 4.69) is 32.7 Å². The summed E-state index contributed by atoms with van der Waals surface area (Å²) in [6, 6.07) is 5.38. The molecule has 1 aromatic rings. The number of aliphatic imine (C=N–C) groups is 2. The van der Waals surface area contributed by atoms with Crippen LogP contribution in [0.3, 0.4) is 0 Å². The molecule has 2 aliphatic heterocycles. The lowest BCUT2D eigenvalue weighted by Gasteiger charge is -2.30. The van der Waals surface area contributed by atoms with Crippen LogP contribution >= 0.6 is 11.6 Å². The Labute approximate surface area is 197 Å². The summed E-state index contributed by atoms with van der Waals surface area (Å²) in [5.41, 5.74) is 5.32. The Balaban J connectivity index is 1.94. The number of carbonyl (C=O) groups is 2. The molecule has 0 bridgehead atoms. The number of nitrogens with one attached hydrogen (secondary N) is 3. The number of hydrogen-bond donors (Lipinski definition) is 3. The summed E-state index contributed by atoms with van der Waals surface area (Å²) in [4.78, 5) is 40.5. The molecule has 9 nitrogen and oxygen atoms in total. The fourth-order valence-electron chi connectivity index (χ4n) is 3.33. The van der Waals surface area contributed by atoms with Crippen LogP contribution in [-0.4, -0.2) is 54.8 Å². The third-order valence-corrected chi connectivity index (χ3v) is 5.37. The van der Waals surface area contributed by atoms with Gasteiger partial charge in [0.05, 0.1) is 6.54 Å². The van der Waals surface area contributed by atoms with Crippen molar-refractivity contribution < 1.29 is 14.4 Å². The van der Waals surface area contributed by atoms with E-state index in [-0.39, 0.29) is 30.4 Å². The van der Waals surface area contributed by atoms with Gasteiger partial charge in [-0.25, -0.2) is 20.3 Å². The SMILES string of the molecule is C=C(/N=C1\C(=C/C)C=C(c2ccc(C3=NC(C)ON3)cc2Cl)C(=O)N1CC)NCC(=O)NC. The number of allylic oxidation sites excluding steroid dienone is 1. The van der Waals surface area contributed by atoms with Gasteiger partial charge in [0, 0.05) is 40.9 Å². The zero-order chi connectivity index (χ0) is 24.1. The largest absolute Gasteiger partial charge is 0.361 e. The maximum atomic E-state index is 13.4. The van der Waals surface area contributed by atoms with E-state index in [9.17, 15) is 9.59 Å². The molecule has 0 radical (unpaired) electrons. The standard InChI is InChI=1S/C23H27ClN6O3/c1-6-15-10-18(17-9-8-16(11-19(17)24)21-28-14(4)33-29-21)23(32)30(7-2)22(15)27-13(3)26-12-20(31)25-5/h6,8-11,14,26H,3,7,12H2,1-2,4-5H3,(H,25,31)(H,28,29)/b15-6-,27-22+. The van der Waals surface area contributed by atoms with E-state index >= 15 is 0 Å². The minimum atomic E-state index is -0.283. The highest BCUT2D eigenvalue weighted by atomic mass is 35.5. The van der Waals surface area contributed by atoms with Gasteiger partial charge >= 0.3 is 0 Å². The van der Waals surface area contributed by atoms with Gasteiger partial charge in [0.15, 0.2) is 12.1 Å². The summed E-state index contributed by atoms with van der Waals surface area (Å²) < 4.78 is 0. The van der Waals surface area contributed by atoms with Gasteiger partial charge in [-0.1, -0.05) is 36.4 Å². The Morgan fingerprint density at radius 3 is 2.79 bits per heavy atom. The third-order valence-electron chi connectivity index (χ3n) is 5.06. The first-order valence-corrected chi connectivity index (χ1v) is 10.9. The summed E-state index contributed by atoms with van der Waals surface area (Å²) in [7, 11) is 1.55. The zero-order valence-corrected chi connectivity index (χ0v) is 19.8. The molecule has 0 saturated carbocycles. The molecule has 0 aromatic heterocycles. The number of hydrogen-bond acceptors (Lipinski definition) is 7. The van der Waals surface area contributed by atoms with Gasteiger partial charge in [0.25, 0.3) is 5.91 Å². The highest BCUT2D eigenvalue weighted by Gasteiger charge is 2.31. The Morgan fingerprint density at radius 2 is 2.21 bits per heavy atom. The highest BCUT2D eigenvalue weighted by Crippen LogP contribution is 2.32. The minimum Gasteiger partial charge on any atom is -0.361 e. The molecule has 2 amide bonds. The Morgan fingerprint density at radius 1 is 1.45 bits per heavy atom. The van der Waals surface area contributed by atoms with Crippen molar-refractivity contribution in [1.29, 1.82) is 0 Å².